The van der Waals surface area contributed by atoms with Crippen LogP contribution in [-0.4, -0.2) is 19.3 Å². The summed E-state index contributed by atoms with van der Waals surface area (Å²) in [5.74, 6) is 0. The molecule has 3 rings (SSSR count). The number of benzene rings is 2. The van der Waals surface area contributed by atoms with Crippen LogP contribution in [0, 0.1) is 6.92 Å². The Labute approximate surface area is 140 Å². The van der Waals surface area contributed by atoms with Crippen LogP contribution in [0.25, 0.3) is 0 Å². The molecule has 0 fully saturated rings. The average Bonchev–Trinajstić information content (AvgIpc) is 2.81. The molecule has 1 aliphatic rings. The number of aryl methyl sites for hydroxylation is 1. The zero-order valence-electron chi connectivity index (χ0n) is 12.6. The Balaban J connectivity index is 2.17. The second-order valence-electron chi connectivity index (χ2n) is 6.02. The fraction of sp³-hybridized carbons (Fsp3) is 0.294. The highest BCUT2D eigenvalue weighted by Gasteiger charge is 2.46. The van der Waals surface area contributed by atoms with Gasteiger partial charge in [-0.25, -0.2) is 8.42 Å². The standard InChI is InChI=1S/C17H18BrNO2S/c1-13-7-9-15(10-8-13)22(20,21)19-16-6-4-3-5-14(16)11-17(19,2)12-18/h3-10H,11-12H2,1-2H3/t17-/m1/s1. The molecule has 116 valence electrons. The third-order valence-electron chi connectivity index (χ3n) is 4.12. The molecule has 0 bridgehead atoms. The number of rotatable bonds is 3. The van der Waals surface area contributed by atoms with Crippen molar-refractivity contribution in [3.05, 3.63) is 59.7 Å². The predicted octanol–water partition coefficient (Wildman–Crippen LogP) is 3.90. The van der Waals surface area contributed by atoms with Crippen LogP contribution in [-0.2, 0) is 16.4 Å². The van der Waals surface area contributed by atoms with Crippen molar-refractivity contribution >= 4 is 31.6 Å². The first kappa shape index (κ1) is 15.6. The second kappa shape index (κ2) is 5.39. The van der Waals surface area contributed by atoms with Crippen LogP contribution in [0.4, 0.5) is 5.69 Å². The molecule has 5 heteroatoms. The average molecular weight is 380 g/mol. The van der Waals surface area contributed by atoms with Gasteiger partial charge in [-0.1, -0.05) is 51.8 Å². The first-order valence-corrected chi connectivity index (χ1v) is 9.71. The summed E-state index contributed by atoms with van der Waals surface area (Å²) in [5, 5.41) is 0.583. The second-order valence-corrected chi connectivity index (χ2v) is 8.37. The summed E-state index contributed by atoms with van der Waals surface area (Å²) in [7, 11) is -3.59. The number of nitrogens with zero attached hydrogens (tertiary/aromatic N) is 1. The molecule has 2 aromatic rings. The fourth-order valence-corrected chi connectivity index (χ4v) is 5.42. The van der Waals surface area contributed by atoms with E-state index in [1.165, 1.54) is 0 Å². The van der Waals surface area contributed by atoms with E-state index in [0.717, 1.165) is 16.8 Å². The molecule has 3 nitrogen and oxygen atoms in total. The van der Waals surface area contributed by atoms with E-state index in [2.05, 4.69) is 15.9 Å². The lowest BCUT2D eigenvalue weighted by Crippen LogP contribution is -2.49. The van der Waals surface area contributed by atoms with E-state index in [-0.39, 0.29) is 0 Å². The number of sulfonamides is 1. The van der Waals surface area contributed by atoms with Gasteiger partial charge in [0.15, 0.2) is 0 Å². The highest BCUT2D eigenvalue weighted by Crippen LogP contribution is 2.43. The molecule has 0 saturated heterocycles. The molecular weight excluding hydrogens is 362 g/mol. The number of hydrogen-bond acceptors (Lipinski definition) is 2. The zero-order chi connectivity index (χ0) is 16.0. The fourth-order valence-electron chi connectivity index (χ4n) is 2.97. The van der Waals surface area contributed by atoms with Gasteiger partial charge in [-0.2, -0.15) is 0 Å². The Bertz CT molecular complexity index is 802. The van der Waals surface area contributed by atoms with Crippen LogP contribution in [0.1, 0.15) is 18.1 Å². The highest BCUT2D eigenvalue weighted by molar-refractivity contribution is 9.09. The molecule has 0 aliphatic carbocycles. The van der Waals surface area contributed by atoms with Gasteiger partial charge < -0.3 is 0 Å². The maximum Gasteiger partial charge on any atom is 0.264 e. The molecular formula is C17H18BrNO2S. The summed E-state index contributed by atoms with van der Waals surface area (Å²) >= 11 is 3.50. The Kier molecular flexibility index (Phi) is 3.81. The smallest absolute Gasteiger partial charge is 0.259 e. The summed E-state index contributed by atoms with van der Waals surface area (Å²) in [6.07, 6.45) is 0.708. The van der Waals surface area contributed by atoms with E-state index in [9.17, 15) is 8.42 Å². The molecule has 0 amide bonds. The molecule has 0 aromatic heterocycles. The minimum absolute atomic E-state index is 0.335. The molecule has 0 N–H and O–H groups in total. The third kappa shape index (κ3) is 2.36. The van der Waals surface area contributed by atoms with E-state index < -0.39 is 15.6 Å². The summed E-state index contributed by atoms with van der Waals surface area (Å²) in [6.45, 7) is 3.93. The maximum atomic E-state index is 13.2. The van der Waals surface area contributed by atoms with Crippen LogP contribution < -0.4 is 4.31 Å². The van der Waals surface area contributed by atoms with E-state index >= 15 is 0 Å². The normalized spacial score (nSPS) is 21.0. The number of alkyl halides is 1. The maximum absolute atomic E-state index is 13.2. The summed E-state index contributed by atoms with van der Waals surface area (Å²) < 4.78 is 28.0. The van der Waals surface area contributed by atoms with Crippen molar-refractivity contribution < 1.29 is 8.42 Å². The van der Waals surface area contributed by atoms with Crippen LogP contribution in [0.3, 0.4) is 0 Å². The molecule has 1 atom stereocenters. The lowest BCUT2D eigenvalue weighted by Gasteiger charge is -2.35. The Morgan fingerprint density at radius 1 is 1.14 bits per heavy atom. The van der Waals surface area contributed by atoms with E-state index in [4.69, 9.17) is 0 Å². The number of para-hydroxylation sites is 1. The van der Waals surface area contributed by atoms with Gasteiger partial charge in [0.25, 0.3) is 10.0 Å². The molecule has 22 heavy (non-hydrogen) atoms. The van der Waals surface area contributed by atoms with Crippen molar-refractivity contribution in [2.45, 2.75) is 30.7 Å². The topological polar surface area (TPSA) is 37.4 Å². The van der Waals surface area contributed by atoms with E-state index in [1.54, 1.807) is 16.4 Å². The van der Waals surface area contributed by atoms with Gasteiger partial charge in [0.2, 0.25) is 0 Å². The third-order valence-corrected chi connectivity index (χ3v) is 7.31. The Morgan fingerprint density at radius 2 is 1.77 bits per heavy atom. The monoisotopic (exact) mass is 379 g/mol. The summed E-state index contributed by atoms with van der Waals surface area (Å²) in [4.78, 5) is 0.335. The van der Waals surface area contributed by atoms with Crippen molar-refractivity contribution in [2.75, 3.05) is 9.64 Å². The molecule has 0 radical (unpaired) electrons. The minimum Gasteiger partial charge on any atom is -0.259 e. The number of anilines is 1. The molecule has 0 unspecified atom stereocenters. The van der Waals surface area contributed by atoms with Crippen molar-refractivity contribution in [3.8, 4) is 0 Å². The van der Waals surface area contributed by atoms with Gasteiger partial charge in [0.1, 0.15) is 0 Å². The van der Waals surface area contributed by atoms with Crippen LogP contribution in [0.5, 0.6) is 0 Å². The molecule has 2 aromatic carbocycles. The van der Waals surface area contributed by atoms with Crippen molar-refractivity contribution in [3.63, 3.8) is 0 Å². The molecule has 0 saturated carbocycles. The Hall–Kier alpha value is -1.33. The lowest BCUT2D eigenvalue weighted by atomic mass is 10.0. The van der Waals surface area contributed by atoms with Crippen molar-refractivity contribution in [2.24, 2.45) is 0 Å². The van der Waals surface area contributed by atoms with Gasteiger partial charge in [-0.05, 0) is 44.0 Å². The predicted molar refractivity (Wildman–Crippen MR) is 93.2 cm³/mol. The van der Waals surface area contributed by atoms with Gasteiger partial charge in [-0.3, -0.25) is 4.31 Å². The summed E-state index contributed by atoms with van der Waals surface area (Å²) in [6, 6.07) is 14.8. The van der Waals surface area contributed by atoms with Crippen molar-refractivity contribution in [1.82, 2.24) is 0 Å². The van der Waals surface area contributed by atoms with Gasteiger partial charge in [0, 0.05) is 5.33 Å². The van der Waals surface area contributed by atoms with Gasteiger partial charge >= 0.3 is 0 Å². The van der Waals surface area contributed by atoms with Crippen LogP contribution >= 0.6 is 15.9 Å². The Morgan fingerprint density at radius 3 is 2.41 bits per heavy atom. The van der Waals surface area contributed by atoms with Crippen LogP contribution in [0.2, 0.25) is 0 Å². The molecule has 1 aliphatic heterocycles. The first-order chi connectivity index (χ1) is 10.4. The quantitative estimate of drug-likeness (QED) is 0.758. The SMILES string of the molecule is Cc1ccc(S(=O)(=O)N2c3ccccc3C[C@]2(C)CBr)cc1. The number of fused-ring (bicyclic) bond motifs is 1. The van der Waals surface area contributed by atoms with E-state index in [1.807, 2.05) is 50.2 Å². The molecule has 1 heterocycles. The van der Waals surface area contributed by atoms with Gasteiger partial charge in [0.05, 0.1) is 16.1 Å². The van der Waals surface area contributed by atoms with Gasteiger partial charge in [-0.15, -0.1) is 0 Å². The molecule has 0 spiro atoms. The minimum atomic E-state index is -3.59. The largest absolute Gasteiger partial charge is 0.264 e. The first-order valence-electron chi connectivity index (χ1n) is 7.14. The summed E-state index contributed by atoms with van der Waals surface area (Å²) in [5.41, 5.74) is 2.40. The lowest BCUT2D eigenvalue weighted by molar-refractivity contribution is 0.530. The highest BCUT2D eigenvalue weighted by atomic mass is 79.9. The zero-order valence-corrected chi connectivity index (χ0v) is 15.0. The van der Waals surface area contributed by atoms with Crippen molar-refractivity contribution in [1.29, 1.82) is 0 Å². The number of halogens is 1. The van der Waals surface area contributed by atoms with E-state index in [0.29, 0.717) is 16.6 Å². The van der Waals surface area contributed by atoms with Crippen LogP contribution in [0.15, 0.2) is 53.4 Å². The number of hydrogen-bond donors (Lipinski definition) is 0.